The van der Waals surface area contributed by atoms with Crippen molar-refractivity contribution in [1.82, 2.24) is 9.80 Å². The van der Waals surface area contributed by atoms with Crippen LogP contribution in [0.25, 0.3) is 5.57 Å². The van der Waals surface area contributed by atoms with Crippen molar-refractivity contribution in [2.24, 2.45) is 5.92 Å². The maximum atomic E-state index is 14.0. The summed E-state index contributed by atoms with van der Waals surface area (Å²) in [5, 5.41) is 9.49. The standard InChI is InChI=1S/C20H21F2N3O/c21-15-2-4-17(19(22)10-15)18(11-23)14-5-7-24(8-6-14)20(26)25-12-13-1-3-16(25)9-13/h2,4,10,13,16H,1,3,5-9,12H2/t13-,16-/m1/s1. The third-order valence-corrected chi connectivity index (χ3v) is 5.96. The van der Waals surface area contributed by atoms with Gasteiger partial charge in [-0.15, -0.1) is 0 Å². The molecule has 6 heteroatoms. The lowest BCUT2D eigenvalue weighted by Gasteiger charge is -2.36. The first kappa shape index (κ1) is 17.0. The molecule has 3 aliphatic rings. The number of urea groups is 1. The van der Waals surface area contributed by atoms with Crippen LogP contribution in [-0.4, -0.2) is 41.5 Å². The molecule has 0 unspecified atom stereocenters. The van der Waals surface area contributed by atoms with Gasteiger partial charge < -0.3 is 9.80 Å². The number of carbonyl (C=O) groups excluding carboxylic acids is 1. The second kappa shape index (κ2) is 6.71. The minimum absolute atomic E-state index is 0.0997. The lowest BCUT2D eigenvalue weighted by Crippen LogP contribution is -2.48. The molecule has 1 aromatic carbocycles. The molecule has 1 saturated carbocycles. The molecule has 2 heterocycles. The van der Waals surface area contributed by atoms with Crippen LogP contribution in [-0.2, 0) is 0 Å². The highest BCUT2D eigenvalue weighted by Crippen LogP contribution is 2.38. The average Bonchev–Trinajstić information content (AvgIpc) is 3.27. The number of likely N-dealkylation sites (tertiary alicyclic amines) is 2. The molecule has 2 atom stereocenters. The van der Waals surface area contributed by atoms with Gasteiger partial charge in [0.1, 0.15) is 11.6 Å². The predicted octanol–water partition coefficient (Wildman–Crippen LogP) is 3.94. The van der Waals surface area contributed by atoms with Crippen LogP contribution in [0.5, 0.6) is 0 Å². The van der Waals surface area contributed by atoms with Gasteiger partial charge in [0, 0.05) is 37.3 Å². The number of rotatable bonds is 1. The monoisotopic (exact) mass is 357 g/mol. The Bertz CT molecular complexity index is 804. The minimum Gasteiger partial charge on any atom is -0.324 e. The van der Waals surface area contributed by atoms with Crippen molar-refractivity contribution >= 4 is 11.6 Å². The fraction of sp³-hybridized carbons (Fsp3) is 0.500. The van der Waals surface area contributed by atoms with Crippen LogP contribution in [0.1, 0.15) is 37.7 Å². The van der Waals surface area contributed by atoms with Crippen molar-refractivity contribution in [3.8, 4) is 6.07 Å². The van der Waals surface area contributed by atoms with E-state index in [1.807, 2.05) is 9.80 Å². The zero-order chi connectivity index (χ0) is 18.3. The Kier molecular flexibility index (Phi) is 4.39. The Labute approximate surface area is 151 Å². The summed E-state index contributed by atoms with van der Waals surface area (Å²) in [6.07, 6.45) is 4.57. The smallest absolute Gasteiger partial charge is 0.320 e. The SMILES string of the molecule is N#CC(=C1CCN(C(=O)N2C[C@@H]3CC[C@@H]2C3)CC1)c1ccc(F)cc1F. The van der Waals surface area contributed by atoms with Crippen molar-refractivity contribution in [2.75, 3.05) is 19.6 Å². The Morgan fingerprint density at radius 3 is 2.54 bits per heavy atom. The van der Waals surface area contributed by atoms with Crippen molar-refractivity contribution in [2.45, 2.75) is 38.1 Å². The number of piperidine rings is 2. The van der Waals surface area contributed by atoms with Crippen LogP contribution in [0.4, 0.5) is 13.6 Å². The number of amides is 2. The molecule has 0 aromatic heterocycles. The van der Waals surface area contributed by atoms with E-state index in [-0.39, 0.29) is 17.2 Å². The normalized spacial score (nSPS) is 24.7. The number of benzene rings is 1. The van der Waals surface area contributed by atoms with Crippen LogP contribution in [0.2, 0.25) is 0 Å². The Morgan fingerprint density at radius 2 is 1.96 bits per heavy atom. The van der Waals surface area contributed by atoms with Crippen LogP contribution in [0.3, 0.4) is 0 Å². The first-order chi connectivity index (χ1) is 12.6. The van der Waals surface area contributed by atoms with E-state index in [1.54, 1.807) is 0 Å². The second-order valence-electron chi connectivity index (χ2n) is 7.47. The third kappa shape index (κ3) is 2.96. The Morgan fingerprint density at radius 1 is 1.19 bits per heavy atom. The zero-order valence-corrected chi connectivity index (χ0v) is 14.5. The van der Waals surface area contributed by atoms with E-state index in [1.165, 1.54) is 12.5 Å². The van der Waals surface area contributed by atoms with Gasteiger partial charge in [0.2, 0.25) is 0 Å². The number of carbonyl (C=O) groups is 1. The number of hydrogen-bond acceptors (Lipinski definition) is 2. The summed E-state index contributed by atoms with van der Waals surface area (Å²) in [6.45, 7) is 1.94. The summed E-state index contributed by atoms with van der Waals surface area (Å²) in [7, 11) is 0. The molecule has 1 aromatic rings. The number of allylic oxidation sites excluding steroid dienone is 1. The minimum atomic E-state index is -0.722. The van der Waals surface area contributed by atoms with E-state index in [9.17, 15) is 18.8 Å². The van der Waals surface area contributed by atoms with Crippen molar-refractivity contribution in [3.05, 3.63) is 41.0 Å². The van der Waals surface area contributed by atoms with E-state index in [0.29, 0.717) is 37.9 Å². The van der Waals surface area contributed by atoms with Crippen LogP contribution in [0, 0.1) is 28.9 Å². The first-order valence-corrected chi connectivity index (χ1v) is 9.20. The molecule has 2 bridgehead atoms. The third-order valence-electron chi connectivity index (χ3n) is 5.96. The van der Waals surface area contributed by atoms with Gasteiger partial charge in [-0.05, 0) is 55.7 Å². The van der Waals surface area contributed by atoms with E-state index in [0.717, 1.165) is 37.1 Å². The van der Waals surface area contributed by atoms with Crippen molar-refractivity contribution in [1.29, 1.82) is 5.26 Å². The number of nitriles is 1. The van der Waals surface area contributed by atoms with Gasteiger partial charge in [-0.25, -0.2) is 13.6 Å². The molecule has 0 N–H and O–H groups in total. The van der Waals surface area contributed by atoms with Crippen molar-refractivity contribution in [3.63, 3.8) is 0 Å². The number of halogens is 2. The lowest BCUT2D eigenvalue weighted by molar-refractivity contribution is 0.135. The summed E-state index contributed by atoms with van der Waals surface area (Å²) in [5.74, 6) is -0.717. The van der Waals surface area contributed by atoms with Gasteiger partial charge in [0.25, 0.3) is 0 Å². The molecule has 0 spiro atoms. The Hall–Kier alpha value is -2.42. The molecule has 4 rings (SSSR count). The van der Waals surface area contributed by atoms with E-state index in [4.69, 9.17) is 0 Å². The molecule has 3 fully saturated rings. The van der Waals surface area contributed by atoms with E-state index >= 15 is 0 Å². The van der Waals surface area contributed by atoms with Gasteiger partial charge >= 0.3 is 6.03 Å². The van der Waals surface area contributed by atoms with E-state index < -0.39 is 11.6 Å². The number of hydrogen-bond donors (Lipinski definition) is 0. The summed E-state index contributed by atoms with van der Waals surface area (Å²) >= 11 is 0. The van der Waals surface area contributed by atoms with Gasteiger partial charge in [-0.1, -0.05) is 0 Å². The van der Waals surface area contributed by atoms with Crippen LogP contribution >= 0.6 is 0 Å². The molecule has 4 nitrogen and oxygen atoms in total. The predicted molar refractivity (Wildman–Crippen MR) is 92.9 cm³/mol. The Balaban J connectivity index is 1.47. The highest BCUT2D eigenvalue weighted by atomic mass is 19.1. The highest BCUT2D eigenvalue weighted by Gasteiger charge is 2.41. The van der Waals surface area contributed by atoms with Gasteiger partial charge in [0.15, 0.2) is 0 Å². The summed E-state index contributed by atoms with van der Waals surface area (Å²) in [5.41, 5.74) is 1.25. The molecular weight excluding hydrogens is 336 g/mol. The summed E-state index contributed by atoms with van der Waals surface area (Å²) < 4.78 is 27.2. The first-order valence-electron chi connectivity index (χ1n) is 9.20. The maximum absolute atomic E-state index is 14.0. The quantitative estimate of drug-likeness (QED) is 0.715. The average molecular weight is 357 g/mol. The van der Waals surface area contributed by atoms with Crippen molar-refractivity contribution < 1.29 is 13.6 Å². The summed E-state index contributed by atoms with van der Waals surface area (Å²) in [4.78, 5) is 16.6. The van der Waals surface area contributed by atoms with Gasteiger partial charge in [-0.3, -0.25) is 0 Å². The highest BCUT2D eigenvalue weighted by molar-refractivity contribution is 5.80. The molecular formula is C20H21F2N3O. The molecule has 0 radical (unpaired) electrons. The topological polar surface area (TPSA) is 47.3 Å². The zero-order valence-electron chi connectivity index (χ0n) is 14.5. The fourth-order valence-corrected chi connectivity index (χ4v) is 4.58. The summed E-state index contributed by atoms with van der Waals surface area (Å²) in [6, 6.07) is 5.85. The molecule has 2 aliphatic heterocycles. The molecule has 2 amide bonds. The molecule has 2 saturated heterocycles. The molecule has 26 heavy (non-hydrogen) atoms. The molecule has 136 valence electrons. The molecule has 1 aliphatic carbocycles. The second-order valence-corrected chi connectivity index (χ2v) is 7.47. The van der Waals surface area contributed by atoms with Crippen LogP contribution in [0.15, 0.2) is 23.8 Å². The van der Waals surface area contributed by atoms with Crippen LogP contribution < -0.4 is 0 Å². The fourth-order valence-electron chi connectivity index (χ4n) is 4.58. The largest absolute Gasteiger partial charge is 0.324 e. The number of nitrogens with zero attached hydrogens (tertiary/aromatic N) is 3. The maximum Gasteiger partial charge on any atom is 0.320 e. The van der Waals surface area contributed by atoms with E-state index in [2.05, 4.69) is 6.07 Å². The lowest BCUT2D eigenvalue weighted by atomic mass is 9.93. The van der Waals surface area contributed by atoms with Gasteiger partial charge in [-0.2, -0.15) is 5.26 Å². The number of fused-ring (bicyclic) bond motifs is 2. The van der Waals surface area contributed by atoms with Gasteiger partial charge in [0.05, 0.1) is 11.6 Å².